The lowest BCUT2D eigenvalue weighted by atomic mass is 10.0. The van der Waals surface area contributed by atoms with E-state index < -0.39 is 42.2 Å². The Kier molecular flexibility index (Phi) is 25.4. The number of carbonyl (C=O) groups excluding carboxylic acids is 5. The van der Waals surface area contributed by atoms with Crippen LogP contribution in [0.2, 0.25) is 0 Å². The van der Waals surface area contributed by atoms with Crippen LogP contribution < -0.4 is 27.4 Å². The molecule has 84 heavy (non-hydrogen) atoms. The van der Waals surface area contributed by atoms with Gasteiger partial charge in [-0.1, -0.05) is 31.7 Å². The van der Waals surface area contributed by atoms with E-state index in [4.69, 9.17) is 16.6 Å². The molecule has 0 spiro atoms. The van der Waals surface area contributed by atoms with E-state index in [2.05, 4.69) is 110 Å². The van der Waals surface area contributed by atoms with Crippen LogP contribution in [-0.2, 0) is 54.6 Å². The molecule has 2 aliphatic heterocycles. The molecule has 0 unspecified atom stereocenters. The third kappa shape index (κ3) is 17.1. The summed E-state index contributed by atoms with van der Waals surface area (Å²) in [5.74, 6) is -1.65. The van der Waals surface area contributed by atoms with Crippen LogP contribution in [0.25, 0.3) is 44.1 Å². The summed E-state index contributed by atoms with van der Waals surface area (Å²) in [7, 11) is 0. The van der Waals surface area contributed by atoms with Crippen LogP contribution in [0.1, 0.15) is 66.2 Å². The van der Waals surface area contributed by atoms with Crippen molar-refractivity contribution in [3.8, 4) is 22.3 Å². The van der Waals surface area contributed by atoms with Crippen molar-refractivity contribution in [2.45, 2.75) is 85.5 Å². The van der Waals surface area contributed by atoms with Gasteiger partial charge >= 0.3 is 5.97 Å². The van der Waals surface area contributed by atoms with Gasteiger partial charge in [0.15, 0.2) is 11.6 Å². The Morgan fingerprint density at radius 2 is 1.12 bits per heavy atom. The van der Waals surface area contributed by atoms with Gasteiger partial charge in [0.2, 0.25) is 29.6 Å². The molecule has 8 N–H and O–H groups in total. The molecule has 0 radical (unpaired) electrons. The zero-order valence-corrected chi connectivity index (χ0v) is 51.0. The van der Waals surface area contributed by atoms with Crippen LogP contribution in [0, 0.1) is 13.8 Å². The Balaban J connectivity index is 0.000000286. The molecule has 0 bridgehead atoms. The molecule has 2 saturated heterocycles. The molecule has 0 saturated carbocycles. The number of anilines is 4. The number of rotatable bonds is 12. The molecule has 8 heterocycles. The number of halogens is 5. The van der Waals surface area contributed by atoms with Crippen molar-refractivity contribution in [2.24, 2.45) is 0 Å². The van der Waals surface area contributed by atoms with E-state index in [1.54, 1.807) is 86.3 Å². The lowest BCUT2D eigenvalue weighted by Gasteiger charge is -2.24. The summed E-state index contributed by atoms with van der Waals surface area (Å²) < 4.78 is 31.3. The number of nitrogen functional groups attached to an aromatic ring is 2. The van der Waals surface area contributed by atoms with E-state index in [9.17, 15) is 37.5 Å². The molecule has 8 aromatic rings. The topological polar surface area (TPSA) is 327 Å². The number of nitrogens with zero attached hydrogens (tertiary/aromatic N) is 11. The highest BCUT2D eigenvalue weighted by Gasteiger charge is 2.40. The number of Topliss-reactive ketones (excluding diaryl/α,β-unsaturated/α-hetero) is 2. The van der Waals surface area contributed by atoms with Crippen molar-refractivity contribution in [1.29, 1.82) is 0 Å². The number of carboxylic acids is 1. The monoisotopic (exact) mass is 1360 g/mol. The van der Waals surface area contributed by atoms with Crippen molar-refractivity contribution in [2.75, 3.05) is 35.2 Å². The highest BCUT2D eigenvalue weighted by atomic mass is 79.9. The summed E-state index contributed by atoms with van der Waals surface area (Å²) in [4.78, 5) is 98.9. The Bertz CT molecular complexity index is 3700. The summed E-state index contributed by atoms with van der Waals surface area (Å²) >= 11 is 13.8. The first-order chi connectivity index (χ1) is 38.6. The second-order valence-electron chi connectivity index (χ2n) is 18.4. The van der Waals surface area contributed by atoms with Crippen molar-refractivity contribution >= 4 is 161 Å². The van der Waals surface area contributed by atoms with Gasteiger partial charge in [-0.05, 0) is 104 Å². The number of carboxylic acid groups (broad SMARTS) is 1. The van der Waals surface area contributed by atoms with Gasteiger partial charge in [0.05, 0.1) is 23.6 Å². The van der Waals surface area contributed by atoms with Crippen LogP contribution in [0.5, 0.6) is 0 Å². The molecule has 6 aromatic heterocycles. The van der Waals surface area contributed by atoms with E-state index >= 15 is 0 Å². The fraction of sp³-hybridized carbons (Fsp3) is 0.283. The normalized spacial score (nSPS) is 15.7. The van der Waals surface area contributed by atoms with E-state index in [1.165, 1.54) is 28.1 Å². The number of nitrogens with one attached hydrogen (secondary N) is 3. The van der Waals surface area contributed by atoms with E-state index in [-0.39, 0.29) is 113 Å². The van der Waals surface area contributed by atoms with Gasteiger partial charge in [0.1, 0.15) is 63.7 Å². The SMILES string of the molecule is C.CC(=O)c1nn(CC(=O)N2C[C@H](F)C[C@H]2C(=O)Nc2nc(Br)ccc2C)c2ccc(-c3cnc(N)nc3)cc12.CC(=O)c1nn(CC(=O)O)c2ccc(-c3cnc(N)nc3)cc12.Cc1ccc(Br)nc1NC(=O)[C@@H]1C[C@@H](F)CN1.Cl.S.S=S. The van der Waals surface area contributed by atoms with Gasteiger partial charge in [-0.2, -0.15) is 23.7 Å². The number of hydrogen-bond donors (Lipinski definition) is 6. The Morgan fingerprint density at radius 1 is 0.679 bits per heavy atom. The third-order valence-corrected chi connectivity index (χ3v) is 13.5. The highest BCUT2D eigenvalue weighted by Crippen LogP contribution is 2.30. The molecule has 2 aromatic carbocycles. The van der Waals surface area contributed by atoms with Gasteiger partial charge in [-0.3, -0.25) is 38.1 Å². The number of aryl methyl sites for hydroxylation is 2. The number of nitrogens with two attached hydrogens (primary N) is 2. The molecule has 10 rings (SSSR count). The minimum Gasteiger partial charge on any atom is -0.480 e. The number of amides is 3. The summed E-state index contributed by atoms with van der Waals surface area (Å²) in [5.41, 5.74) is 17.2. The Morgan fingerprint density at radius 3 is 1.54 bits per heavy atom. The maximum atomic E-state index is 14.5. The maximum absolute atomic E-state index is 14.5. The summed E-state index contributed by atoms with van der Waals surface area (Å²) in [6.45, 7) is 5.85. The van der Waals surface area contributed by atoms with Crippen molar-refractivity contribution in [1.82, 2.24) is 59.7 Å². The van der Waals surface area contributed by atoms with Gasteiger partial charge in [-0.15, -0.1) is 12.4 Å². The van der Waals surface area contributed by atoms with Crippen molar-refractivity contribution < 1.29 is 42.7 Å². The number of carbonyl (C=O) groups is 6. The number of fused-ring (bicyclic) bond motifs is 2. The lowest BCUT2D eigenvalue weighted by Crippen LogP contribution is -2.44. The fourth-order valence-electron chi connectivity index (χ4n) is 8.67. The van der Waals surface area contributed by atoms with Crippen LogP contribution in [0.3, 0.4) is 0 Å². The average molecular weight is 1360 g/mol. The maximum Gasteiger partial charge on any atom is 0.325 e. The Hall–Kier alpha value is -7.48. The van der Waals surface area contributed by atoms with E-state index in [0.29, 0.717) is 48.2 Å². The van der Waals surface area contributed by atoms with Gasteiger partial charge < -0.3 is 37.4 Å². The molecule has 2 fully saturated rings. The van der Waals surface area contributed by atoms with Crippen LogP contribution in [0.15, 0.2) is 94.7 Å². The minimum absolute atomic E-state index is 0. The average Bonchev–Trinajstić information content (AvgIpc) is 2.41. The number of alkyl halides is 2. The molecule has 2 aliphatic rings. The zero-order valence-electron chi connectivity index (χ0n) is 44.3. The number of pyridine rings is 2. The van der Waals surface area contributed by atoms with Crippen molar-refractivity contribution in [3.05, 3.63) is 117 Å². The first-order valence-corrected chi connectivity index (χ1v) is 27.3. The summed E-state index contributed by atoms with van der Waals surface area (Å²) in [6.07, 6.45) is 4.10. The number of hydrogen-bond acceptors (Lipinski definition) is 19. The van der Waals surface area contributed by atoms with Gasteiger partial charge in [0, 0.05) is 102 Å². The lowest BCUT2D eigenvalue weighted by molar-refractivity contribution is -0.138. The van der Waals surface area contributed by atoms with Crippen LogP contribution >= 0.6 is 57.8 Å². The summed E-state index contributed by atoms with van der Waals surface area (Å²) in [6, 6.07) is 16.3. The molecular weight excluding hydrogens is 1300 g/mol. The summed E-state index contributed by atoms with van der Waals surface area (Å²) in [5, 5.41) is 26.8. The van der Waals surface area contributed by atoms with Crippen LogP contribution in [-0.4, -0.2) is 132 Å². The van der Waals surface area contributed by atoms with E-state index in [0.717, 1.165) is 27.8 Å². The number of aromatic nitrogens is 10. The molecule has 444 valence electrons. The first kappa shape index (κ1) is 69.0. The van der Waals surface area contributed by atoms with Crippen molar-refractivity contribution in [3.63, 3.8) is 0 Å². The van der Waals surface area contributed by atoms with Gasteiger partial charge in [-0.25, -0.2) is 38.7 Å². The number of aliphatic carboxylic acids is 1. The standard InChI is InChI=1S/C26H24BrFN8O3.C15H13N5O3.C11H13BrFN3O.CH4.ClH.S2.H2S/c1-13-3-6-21(27)32-24(13)33-25(39)20-8-17(28)11-35(20)22(38)12-36-19-5-4-15(16-9-30-26(29)31-10-16)7-18(19)23(34-36)14(2)37;1-8(21)14-11-4-9(10-5-17-15(16)18-6-10)2-3-12(11)20(19-14)7-13(22)23;1-6-2-3-9(12)15-10(6)16-11(17)8-4-7(13)5-14-8;;;1-2;/h3-7,9-10,17,20H,8,11-12H2,1-2H3,(H2,29,30,31)(H,32,33,39);2-6H,7H2,1H3,(H,22,23)(H2,16,17,18);2-3,7-8,14H,4-5H2,1H3,(H,15,16,17);1H4;1H;;1H2/t17-,20+;;7-,8+;;;;/m1.1..../s1. The molecule has 31 heteroatoms. The second-order valence-corrected chi connectivity index (χ2v) is 20.0. The smallest absolute Gasteiger partial charge is 0.325 e. The number of benzene rings is 2. The molecule has 4 atom stereocenters. The fourth-order valence-corrected chi connectivity index (χ4v) is 9.29. The number of ketones is 2. The third-order valence-electron chi connectivity index (χ3n) is 12.6. The predicted molar refractivity (Wildman–Crippen MR) is 334 cm³/mol. The minimum atomic E-state index is -1.35. The molecule has 23 nitrogen and oxygen atoms in total. The largest absolute Gasteiger partial charge is 0.480 e. The van der Waals surface area contributed by atoms with Crippen LogP contribution in [0.4, 0.5) is 32.3 Å². The first-order valence-electron chi connectivity index (χ1n) is 24.4. The quantitative estimate of drug-likeness (QED) is 0.0505. The predicted octanol–water partition coefficient (Wildman–Crippen LogP) is 7.64. The Labute approximate surface area is 519 Å². The molecule has 3 amide bonds. The number of likely N-dealkylation sites (tertiary alicyclic amines) is 1. The molecular formula is C53H57Br2ClF2N16O7S3. The highest BCUT2D eigenvalue weighted by molar-refractivity contribution is 9.10. The van der Waals surface area contributed by atoms with Gasteiger partial charge in [0.25, 0.3) is 0 Å². The second kappa shape index (κ2) is 30.9. The molecule has 0 aliphatic carbocycles. The van der Waals surface area contributed by atoms with E-state index in [1.807, 2.05) is 13.0 Å². The zero-order chi connectivity index (χ0) is 58.8.